The predicted molar refractivity (Wildman–Crippen MR) is 107 cm³/mol. The number of hydrogen-bond acceptors (Lipinski definition) is 7. The molecule has 0 amide bonds. The van der Waals surface area contributed by atoms with Crippen LogP contribution in [0.2, 0.25) is 0 Å². The van der Waals surface area contributed by atoms with Crippen molar-refractivity contribution in [1.29, 1.82) is 0 Å². The molecule has 2 atom stereocenters. The van der Waals surface area contributed by atoms with Gasteiger partial charge < -0.3 is 18.8 Å². The summed E-state index contributed by atoms with van der Waals surface area (Å²) in [6.07, 6.45) is 1.44. The van der Waals surface area contributed by atoms with E-state index in [0.717, 1.165) is 23.0 Å². The topological polar surface area (TPSA) is 91.4 Å². The molecule has 156 valence electrons. The van der Waals surface area contributed by atoms with Crippen molar-refractivity contribution in [1.82, 2.24) is 5.01 Å². The zero-order valence-electron chi connectivity index (χ0n) is 16.3. The van der Waals surface area contributed by atoms with Gasteiger partial charge in [-0.05, 0) is 43.2 Å². The van der Waals surface area contributed by atoms with E-state index in [1.54, 1.807) is 5.01 Å². The van der Waals surface area contributed by atoms with Gasteiger partial charge >= 0.3 is 5.97 Å². The summed E-state index contributed by atoms with van der Waals surface area (Å²) in [4.78, 5) is 11.8. The van der Waals surface area contributed by atoms with E-state index in [1.807, 2.05) is 30.3 Å². The molecule has 2 aromatic rings. The fourth-order valence-corrected chi connectivity index (χ4v) is 3.93. The van der Waals surface area contributed by atoms with E-state index in [4.69, 9.17) is 14.2 Å². The second-order valence-corrected chi connectivity index (χ2v) is 7.26. The zero-order chi connectivity index (χ0) is 20.8. The maximum absolute atomic E-state index is 12.1. The number of rotatable bonds is 7. The molecule has 3 rings (SSSR count). The first-order valence-electron chi connectivity index (χ1n) is 9.16. The van der Waals surface area contributed by atoms with Gasteiger partial charge in [-0.3, -0.25) is 4.21 Å². The third-order valence-electron chi connectivity index (χ3n) is 4.61. The number of carbonyl (C=O) groups is 1. The smallest absolute Gasteiger partial charge is 0.337 e. The normalized spacial score (nSPS) is 18.0. The van der Waals surface area contributed by atoms with Crippen molar-refractivity contribution >= 4 is 22.9 Å². The molecule has 29 heavy (non-hydrogen) atoms. The molecule has 9 heteroatoms. The summed E-state index contributed by atoms with van der Waals surface area (Å²) in [6.45, 7) is 0.940. The van der Waals surface area contributed by atoms with Crippen LogP contribution in [0.5, 0.6) is 11.5 Å². The van der Waals surface area contributed by atoms with Crippen molar-refractivity contribution in [2.24, 2.45) is 0 Å². The Balaban J connectivity index is 1.84. The van der Waals surface area contributed by atoms with Crippen LogP contribution >= 0.6 is 0 Å². The minimum Gasteiger partial charge on any atom is -0.754 e. The van der Waals surface area contributed by atoms with Crippen LogP contribution in [0, 0.1) is 0 Å². The first kappa shape index (κ1) is 21.1. The van der Waals surface area contributed by atoms with E-state index in [1.165, 1.54) is 32.4 Å². The van der Waals surface area contributed by atoms with Crippen molar-refractivity contribution < 1.29 is 27.8 Å². The van der Waals surface area contributed by atoms with Gasteiger partial charge in [0.15, 0.2) is 0 Å². The molecule has 1 aliphatic rings. The number of ether oxygens (including phenoxy) is 3. The molecule has 2 aromatic carbocycles. The average molecular weight is 419 g/mol. The summed E-state index contributed by atoms with van der Waals surface area (Å²) in [7, 11) is 2.70. The number of piperidine rings is 1. The summed E-state index contributed by atoms with van der Waals surface area (Å²) in [5.74, 6) is 0.469. The van der Waals surface area contributed by atoms with Gasteiger partial charge in [0.05, 0.1) is 37.6 Å². The lowest BCUT2D eigenvalue weighted by Gasteiger charge is -2.42. The van der Waals surface area contributed by atoms with Gasteiger partial charge in [-0.15, -0.1) is 0 Å². The number of hydrogen-bond donors (Lipinski definition) is 0. The number of carbonyl (C=O) groups excluding carboxylic acids is 1. The molecule has 1 heterocycles. The van der Waals surface area contributed by atoms with E-state index in [0.29, 0.717) is 18.8 Å². The van der Waals surface area contributed by atoms with Gasteiger partial charge in [0.1, 0.15) is 23.3 Å². The van der Waals surface area contributed by atoms with E-state index in [2.05, 4.69) is 0 Å². The number of methoxy groups -OCH3 is 2. The molecule has 1 saturated heterocycles. The van der Waals surface area contributed by atoms with Crippen LogP contribution in [0.1, 0.15) is 23.2 Å². The average Bonchev–Trinajstić information content (AvgIpc) is 2.74. The first-order chi connectivity index (χ1) is 14.0. The first-order valence-corrected chi connectivity index (χ1v) is 10.2. The van der Waals surface area contributed by atoms with Crippen molar-refractivity contribution in [2.75, 3.05) is 31.7 Å². The van der Waals surface area contributed by atoms with E-state index >= 15 is 0 Å². The van der Waals surface area contributed by atoms with Gasteiger partial charge in [0.2, 0.25) is 0 Å². The molecule has 0 spiro atoms. The zero-order valence-corrected chi connectivity index (χ0v) is 17.1. The maximum atomic E-state index is 12.1. The number of benzene rings is 2. The van der Waals surface area contributed by atoms with Crippen LogP contribution in [0.15, 0.2) is 48.5 Å². The Kier molecular flexibility index (Phi) is 7.08. The van der Waals surface area contributed by atoms with E-state index in [-0.39, 0.29) is 17.4 Å². The van der Waals surface area contributed by atoms with Crippen molar-refractivity contribution in [2.45, 2.75) is 18.9 Å². The Bertz CT molecular complexity index is 863. The highest BCUT2D eigenvalue weighted by Crippen LogP contribution is 2.33. The summed E-state index contributed by atoms with van der Waals surface area (Å²) < 4.78 is 41.4. The monoisotopic (exact) mass is 419 g/mol. The second kappa shape index (κ2) is 9.73. The van der Waals surface area contributed by atoms with Crippen LogP contribution < -0.4 is 13.9 Å². The van der Waals surface area contributed by atoms with Gasteiger partial charge in [0.25, 0.3) is 0 Å². The van der Waals surface area contributed by atoms with Crippen molar-refractivity contribution in [3.63, 3.8) is 0 Å². The molecular weight excluding hydrogens is 396 g/mol. The van der Waals surface area contributed by atoms with Crippen LogP contribution in [-0.4, -0.2) is 53.2 Å². The molecular formula is C20H23N2O6S-. The summed E-state index contributed by atoms with van der Waals surface area (Å²) in [5.41, 5.74) is 0.586. The molecule has 0 radical (unpaired) electrons. The molecule has 1 aliphatic heterocycles. The fraction of sp³-hybridized carbons (Fsp3) is 0.350. The van der Waals surface area contributed by atoms with Crippen molar-refractivity contribution in [3.8, 4) is 11.5 Å². The lowest BCUT2D eigenvalue weighted by molar-refractivity contribution is 0.0600. The molecule has 0 aliphatic carbocycles. The van der Waals surface area contributed by atoms with E-state index < -0.39 is 17.2 Å². The van der Waals surface area contributed by atoms with Crippen LogP contribution in [0.25, 0.3) is 0 Å². The molecule has 8 nitrogen and oxygen atoms in total. The van der Waals surface area contributed by atoms with E-state index in [9.17, 15) is 13.6 Å². The minimum atomic E-state index is -2.59. The molecule has 0 saturated carbocycles. The van der Waals surface area contributed by atoms with Gasteiger partial charge in [-0.25, -0.2) is 14.2 Å². The Hall–Kier alpha value is -2.62. The Morgan fingerprint density at radius 1 is 1.21 bits per heavy atom. The summed E-state index contributed by atoms with van der Waals surface area (Å²) in [6, 6.07) is 13.9. The highest BCUT2D eigenvalue weighted by molar-refractivity contribution is 7.80. The molecule has 0 bridgehead atoms. The Morgan fingerprint density at radius 3 is 2.62 bits per heavy atom. The molecule has 2 unspecified atom stereocenters. The van der Waals surface area contributed by atoms with Crippen LogP contribution in [0.4, 0.5) is 5.69 Å². The largest absolute Gasteiger partial charge is 0.754 e. The summed E-state index contributed by atoms with van der Waals surface area (Å²) >= 11 is -2.59. The molecule has 1 fully saturated rings. The van der Waals surface area contributed by atoms with Crippen LogP contribution in [0.3, 0.4) is 0 Å². The highest BCUT2D eigenvalue weighted by atomic mass is 32.2. The van der Waals surface area contributed by atoms with Gasteiger partial charge in [-0.2, -0.15) is 0 Å². The number of hydrazine groups is 1. The SMILES string of the molecule is COC(=O)c1ccc(N(N2CCCC(Oc3ccccc3)C2)S(=O)[O-])c(OC)c1. The number of nitrogens with zero attached hydrogens (tertiary/aromatic N) is 2. The lowest BCUT2D eigenvalue weighted by Crippen LogP contribution is -2.51. The highest BCUT2D eigenvalue weighted by Gasteiger charge is 2.28. The second-order valence-electron chi connectivity index (χ2n) is 6.48. The van der Waals surface area contributed by atoms with Gasteiger partial charge in [0, 0.05) is 6.54 Å². The third-order valence-corrected chi connectivity index (χ3v) is 5.32. The number of esters is 1. The predicted octanol–water partition coefficient (Wildman–Crippen LogP) is 2.54. The number of anilines is 1. The standard InChI is InChI=1S/C20H24N2O6S/c1-26-19-13-15(20(23)27-2)10-11-18(19)22(29(24)25)21-12-6-9-17(14-21)28-16-7-4-3-5-8-16/h3-5,7-8,10-11,13,17H,6,9,12,14H2,1-2H3,(H,24,25)/p-1. The lowest BCUT2D eigenvalue weighted by atomic mass is 10.1. The maximum Gasteiger partial charge on any atom is 0.337 e. The number of para-hydroxylation sites is 1. The molecule has 0 aromatic heterocycles. The quantitative estimate of drug-likeness (QED) is 0.503. The summed E-state index contributed by atoms with van der Waals surface area (Å²) in [5, 5.41) is 1.70. The third kappa shape index (κ3) is 5.06. The Morgan fingerprint density at radius 2 is 1.97 bits per heavy atom. The Labute approximate surface area is 172 Å². The molecule has 0 N–H and O–H groups in total. The van der Waals surface area contributed by atoms with Crippen molar-refractivity contribution in [3.05, 3.63) is 54.1 Å². The minimum absolute atomic E-state index is 0.155. The van der Waals surface area contributed by atoms with Gasteiger partial charge in [-0.1, -0.05) is 18.2 Å². The van der Waals surface area contributed by atoms with Crippen LogP contribution in [-0.2, 0) is 16.0 Å². The fourth-order valence-electron chi connectivity index (χ4n) is 3.28.